The smallest absolute Gasteiger partial charge is 0.231 e. The van der Waals surface area contributed by atoms with E-state index in [2.05, 4.69) is 16.7 Å². The molecule has 3 rings (SSSR count). The first-order chi connectivity index (χ1) is 12.2. The van der Waals surface area contributed by atoms with Crippen LogP contribution in [0.2, 0.25) is 0 Å². The molecule has 0 atom stereocenters. The summed E-state index contributed by atoms with van der Waals surface area (Å²) in [6.07, 6.45) is 1.72. The van der Waals surface area contributed by atoms with Crippen LogP contribution in [-0.2, 0) is 22.4 Å². The molecule has 5 nitrogen and oxygen atoms in total. The second-order valence-corrected chi connectivity index (χ2v) is 6.20. The van der Waals surface area contributed by atoms with Gasteiger partial charge in [-0.25, -0.2) is 0 Å². The summed E-state index contributed by atoms with van der Waals surface area (Å²) in [6.45, 7) is 1.40. The molecule has 5 heteroatoms. The lowest BCUT2D eigenvalue weighted by molar-refractivity contribution is -0.118. The van der Waals surface area contributed by atoms with Gasteiger partial charge in [0.1, 0.15) is 0 Å². The van der Waals surface area contributed by atoms with Crippen molar-refractivity contribution in [3.05, 3.63) is 59.7 Å². The van der Waals surface area contributed by atoms with Gasteiger partial charge in [-0.3, -0.25) is 9.59 Å². The fourth-order valence-electron chi connectivity index (χ4n) is 3.04. The van der Waals surface area contributed by atoms with E-state index in [1.54, 1.807) is 0 Å². The summed E-state index contributed by atoms with van der Waals surface area (Å²) in [6, 6.07) is 15.5. The molecule has 0 fully saturated rings. The Labute approximate surface area is 148 Å². The van der Waals surface area contributed by atoms with Gasteiger partial charge in [0.15, 0.2) is 0 Å². The zero-order chi connectivity index (χ0) is 17.6. The highest BCUT2D eigenvalue weighted by atomic mass is 16.2. The van der Waals surface area contributed by atoms with E-state index in [9.17, 15) is 9.59 Å². The Bertz CT molecular complexity index is 756. The van der Waals surface area contributed by atoms with E-state index in [4.69, 9.17) is 0 Å². The van der Waals surface area contributed by atoms with Crippen molar-refractivity contribution in [3.63, 3.8) is 0 Å². The molecule has 0 aromatic heterocycles. The molecule has 1 aliphatic heterocycles. The highest BCUT2D eigenvalue weighted by Crippen LogP contribution is 2.28. The summed E-state index contributed by atoms with van der Waals surface area (Å²) in [5.41, 5.74) is 3.96. The number of nitrogens with zero attached hydrogens (tertiary/aromatic N) is 1. The zero-order valence-corrected chi connectivity index (χ0v) is 14.4. The fraction of sp³-hybridized carbons (Fsp3) is 0.300. The molecule has 2 aromatic rings. The molecule has 0 spiro atoms. The van der Waals surface area contributed by atoms with E-state index in [1.807, 2.05) is 54.4 Å². The van der Waals surface area contributed by atoms with Gasteiger partial charge in [-0.05, 0) is 42.8 Å². The standard InChI is InChI=1S/C20H23N3O2/c1-21-12-10-19(24)22-17-8-6-15(7-9-17)14-20(25)23-13-11-16-4-2-3-5-18(16)23/h2-9,21H,10-14H2,1H3,(H,22,24). The van der Waals surface area contributed by atoms with E-state index in [0.717, 1.165) is 29.9 Å². The lowest BCUT2D eigenvalue weighted by Crippen LogP contribution is -2.30. The Morgan fingerprint density at radius 2 is 1.84 bits per heavy atom. The van der Waals surface area contributed by atoms with Crippen LogP contribution in [0.25, 0.3) is 0 Å². The molecule has 2 aromatic carbocycles. The predicted molar refractivity (Wildman–Crippen MR) is 99.8 cm³/mol. The fourth-order valence-corrected chi connectivity index (χ4v) is 3.04. The number of fused-ring (bicyclic) bond motifs is 1. The van der Waals surface area contributed by atoms with E-state index < -0.39 is 0 Å². The first kappa shape index (κ1) is 17.2. The highest BCUT2D eigenvalue weighted by molar-refractivity contribution is 5.97. The number of amides is 2. The third-order valence-corrected chi connectivity index (χ3v) is 4.38. The minimum atomic E-state index is -0.0214. The van der Waals surface area contributed by atoms with Crippen LogP contribution in [0.5, 0.6) is 0 Å². The number of benzene rings is 2. The lowest BCUT2D eigenvalue weighted by Gasteiger charge is -2.17. The monoisotopic (exact) mass is 337 g/mol. The molecule has 1 aliphatic rings. The molecule has 0 radical (unpaired) electrons. The van der Waals surface area contributed by atoms with Gasteiger partial charge in [-0.2, -0.15) is 0 Å². The number of anilines is 2. The summed E-state index contributed by atoms with van der Waals surface area (Å²) < 4.78 is 0. The number of rotatable bonds is 6. The number of carbonyl (C=O) groups excluding carboxylic acids is 2. The van der Waals surface area contributed by atoms with Crippen LogP contribution in [0.1, 0.15) is 17.5 Å². The van der Waals surface area contributed by atoms with Crippen LogP contribution >= 0.6 is 0 Å². The van der Waals surface area contributed by atoms with Crippen molar-refractivity contribution >= 4 is 23.2 Å². The summed E-state index contributed by atoms with van der Waals surface area (Å²) in [5.74, 6) is 0.0857. The third-order valence-electron chi connectivity index (χ3n) is 4.38. The first-order valence-corrected chi connectivity index (χ1v) is 8.59. The van der Waals surface area contributed by atoms with Crippen LogP contribution in [0, 0.1) is 0 Å². The average molecular weight is 337 g/mol. The molecule has 25 heavy (non-hydrogen) atoms. The van der Waals surface area contributed by atoms with Gasteiger partial charge in [0.2, 0.25) is 11.8 Å². The Morgan fingerprint density at radius 1 is 1.08 bits per heavy atom. The molecule has 2 amide bonds. The van der Waals surface area contributed by atoms with Crippen molar-refractivity contribution < 1.29 is 9.59 Å². The topological polar surface area (TPSA) is 61.4 Å². The average Bonchev–Trinajstić information content (AvgIpc) is 3.06. The van der Waals surface area contributed by atoms with E-state index in [1.165, 1.54) is 5.56 Å². The molecule has 0 saturated heterocycles. The largest absolute Gasteiger partial charge is 0.326 e. The third kappa shape index (κ3) is 4.25. The molecule has 0 unspecified atom stereocenters. The molecule has 0 aliphatic carbocycles. The first-order valence-electron chi connectivity index (χ1n) is 8.59. The van der Waals surface area contributed by atoms with Crippen molar-refractivity contribution in [1.29, 1.82) is 0 Å². The van der Waals surface area contributed by atoms with Crippen molar-refractivity contribution in [2.45, 2.75) is 19.3 Å². The van der Waals surface area contributed by atoms with Gasteiger partial charge < -0.3 is 15.5 Å². The van der Waals surface area contributed by atoms with Crippen molar-refractivity contribution in [1.82, 2.24) is 5.32 Å². The second-order valence-electron chi connectivity index (χ2n) is 6.20. The van der Waals surface area contributed by atoms with Crippen LogP contribution in [0.4, 0.5) is 11.4 Å². The van der Waals surface area contributed by atoms with Crippen LogP contribution < -0.4 is 15.5 Å². The van der Waals surface area contributed by atoms with Crippen molar-refractivity contribution in [2.24, 2.45) is 0 Å². The number of nitrogens with one attached hydrogen (secondary N) is 2. The number of carbonyl (C=O) groups is 2. The SMILES string of the molecule is CNCCC(=O)Nc1ccc(CC(=O)N2CCc3ccccc32)cc1. The lowest BCUT2D eigenvalue weighted by atomic mass is 10.1. The molecule has 0 saturated carbocycles. The Balaban J connectivity index is 1.58. The maximum Gasteiger partial charge on any atom is 0.231 e. The summed E-state index contributed by atoms with van der Waals surface area (Å²) in [4.78, 5) is 26.2. The Kier molecular flexibility index (Phi) is 5.46. The minimum Gasteiger partial charge on any atom is -0.326 e. The van der Waals surface area contributed by atoms with Gasteiger partial charge in [-0.15, -0.1) is 0 Å². The van der Waals surface area contributed by atoms with Gasteiger partial charge >= 0.3 is 0 Å². The molecule has 2 N–H and O–H groups in total. The molecule has 0 bridgehead atoms. The normalized spacial score (nSPS) is 12.8. The highest BCUT2D eigenvalue weighted by Gasteiger charge is 2.23. The minimum absolute atomic E-state index is 0.0214. The van der Waals surface area contributed by atoms with Gasteiger partial charge in [0, 0.05) is 30.9 Å². The quantitative estimate of drug-likeness (QED) is 0.851. The summed E-state index contributed by atoms with van der Waals surface area (Å²) >= 11 is 0. The van der Waals surface area contributed by atoms with Crippen molar-refractivity contribution in [2.75, 3.05) is 30.4 Å². The number of para-hydroxylation sites is 1. The molecule has 1 heterocycles. The maximum absolute atomic E-state index is 12.6. The van der Waals surface area contributed by atoms with E-state index in [-0.39, 0.29) is 11.8 Å². The van der Waals surface area contributed by atoms with E-state index in [0.29, 0.717) is 19.4 Å². The summed E-state index contributed by atoms with van der Waals surface area (Å²) in [5, 5.41) is 5.80. The van der Waals surface area contributed by atoms with Crippen LogP contribution in [-0.4, -0.2) is 32.0 Å². The summed E-state index contributed by atoms with van der Waals surface area (Å²) in [7, 11) is 1.82. The Hall–Kier alpha value is -2.66. The van der Waals surface area contributed by atoms with Crippen LogP contribution in [0.3, 0.4) is 0 Å². The van der Waals surface area contributed by atoms with Gasteiger partial charge in [0.05, 0.1) is 6.42 Å². The predicted octanol–water partition coefficient (Wildman–Crippen LogP) is 2.37. The number of hydrogen-bond donors (Lipinski definition) is 2. The second kappa shape index (κ2) is 7.94. The molecular formula is C20H23N3O2. The van der Waals surface area contributed by atoms with E-state index >= 15 is 0 Å². The molecule has 130 valence electrons. The van der Waals surface area contributed by atoms with Gasteiger partial charge in [0.25, 0.3) is 0 Å². The van der Waals surface area contributed by atoms with Crippen molar-refractivity contribution in [3.8, 4) is 0 Å². The van der Waals surface area contributed by atoms with Gasteiger partial charge in [-0.1, -0.05) is 30.3 Å². The maximum atomic E-state index is 12.6. The Morgan fingerprint density at radius 3 is 2.60 bits per heavy atom. The van der Waals surface area contributed by atoms with Crippen LogP contribution in [0.15, 0.2) is 48.5 Å². The molecular weight excluding hydrogens is 314 g/mol. The number of hydrogen-bond acceptors (Lipinski definition) is 3. The zero-order valence-electron chi connectivity index (χ0n) is 14.4.